The minimum atomic E-state index is 0. The van der Waals surface area contributed by atoms with E-state index in [2.05, 4.69) is 11.2 Å². The number of ether oxygens (including phenoxy) is 1. The summed E-state index contributed by atoms with van der Waals surface area (Å²) in [6, 6.07) is 4.07. The van der Waals surface area contributed by atoms with Gasteiger partial charge in [-0.3, -0.25) is 0 Å². The molecule has 0 aliphatic rings. The molecule has 0 atom stereocenters. The Morgan fingerprint density at radius 2 is 2.24 bits per heavy atom. The molecule has 2 aromatic rings. The molecule has 1 heterocycles. The summed E-state index contributed by atoms with van der Waals surface area (Å²) in [7, 11) is 0. The molecular formula is C11H15ClN2O2S. The number of aryl methyl sites for hydroxylation is 1. The standard InChI is InChI=1S/C11H14N2O2S.ClH/c1-7-3-4-8(16-2)9-10(7)15-13-11(9)14-6-5-12;/h3-4H,5-6,12H2,1-2H3;1H. The van der Waals surface area contributed by atoms with E-state index in [-0.39, 0.29) is 12.4 Å². The Bertz CT molecular complexity index is 501. The molecule has 0 bridgehead atoms. The van der Waals surface area contributed by atoms with Crippen LogP contribution < -0.4 is 10.5 Å². The van der Waals surface area contributed by atoms with Crippen LogP contribution in [0.15, 0.2) is 21.6 Å². The largest absolute Gasteiger partial charge is 0.474 e. The summed E-state index contributed by atoms with van der Waals surface area (Å²) in [6.45, 7) is 2.91. The van der Waals surface area contributed by atoms with Crippen LogP contribution >= 0.6 is 24.2 Å². The minimum absolute atomic E-state index is 0. The molecule has 0 saturated carbocycles. The second kappa shape index (κ2) is 6.14. The SMILES string of the molecule is CSc1ccc(C)c2onc(OCCN)c12.Cl. The molecule has 94 valence electrons. The molecule has 0 spiro atoms. The zero-order chi connectivity index (χ0) is 11.5. The van der Waals surface area contributed by atoms with Crippen molar-refractivity contribution in [2.75, 3.05) is 19.4 Å². The van der Waals surface area contributed by atoms with Gasteiger partial charge in [0.05, 0.1) is 5.39 Å². The smallest absolute Gasteiger partial charge is 0.263 e. The van der Waals surface area contributed by atoms with Gasteiger partial charge in [0.2, 0.25) is 0 Å². The molecule has 0 aliphatic carbocycles. The van der Waals surface area contributed by atoms with Crippen molar-refractivity contribution < 1.29 is 9.26 Å². The van der Waals surface area contributed by atoms with Crippen LogP contribution in [-0.4, -0.2) is 24.6 Å². The number of hydrogen-bond acceptors (Lipinski definition) is 5. The molecule has 6 heteroatoms. The molecule has 2 rings (SSSR count). The highest BCUT2D eigenvalue weighted by Gasteiger charge is 2.15. The van der Waals surface area contributed by atoms with Crippen molar-refractivity contribution in [3.8, 4) is 5.88 Å². The fourth-order valence-corrected chi connectivity index (χ4v) is 2.13. The molecule has 0 aliphatic heterocycles. The quantitative estimate of drug-likeness (QED) is 0.869. The maximum absolute atomic E-state index is 5.46. The molecule has 0 amide bonds. The molecular weight excluding hydrogens is 260 g/mol. The predicted octanol–water partition coefficient (Wildman–Crippen LogP) is 2.62. The first kappa shape index (κ1) is 14.2. The van der Waals surface area contributed by atoms with Crippen LogP contribution in [0, 0.1) is 6.92 Å². The number of fused-ring (bicyclic) bond motifs is 1. The van der Waals surface area contributed by atoms with Gasteiger partial charge in [0.15, 0.2) is 5.58 Å². The van der Waals surface area contributed by atoms with Gasteiger partial charge in [-0.05, 0) is 30.0 Å². The summed E-state index contributed by atoms with van der Waals surface area (Å²) in [4.78, 5) is 1.11. The second-order valence-electron chi connectivity index (χ2n) is 3.41. The number of halogens is 1. The zero-order valence-electron chi connectivity index (χ0n) is 9.73. The normalized spacial score (nSPS) is 10.3. The molecule has 2 N–H and O–H groups in total. The van der Waals surface area contributed by atoms with E-state index >= 15 is 0 Å². The van der Waals surface area contributed by atoms with E-state index in [1.807, 2.05) is 19.2 Å². The maximum atomic E-state index is 5.46. The molecule has 0 unspecified atom stereocenters. The third-order valence-electron chi connectivity index (χ3n) is 2.33. The first-order chi connectivity index (χ1) is 7.77. The number of thioether (sulfide) groups is 1. The summed E-state index contributed by atoms with van der Waals surface area (Å²) in [5.41, 5.74) is 7.25. The monoisotopic (exact) mass is 274 g/mol. The molecule has 0 saturated heterocycles. The second-order valence-corrected chi connectivity index (χ2v) is 4.26. The lowest BCUT2D eigenvalue weighted by atomic mass is 10.2. The van der Waals surface area contributed by atoms with E-state index in [1.165, 1.54) is 0 Å². The minimum Gasteiger partial charge on any atom is -0.474 e. The van der Waals surface area contributed by atoms with Crippen LogP contribution in [0.2, 0.25) is 0 Å². The first-order valence-electron chi connectivity index (χ1n) is 5.03. The van der Waals surface area contributed by atoms with Gasteiger partial charge in [0.25, 0.3) is 5.88 Å². The Kier molecular flexibility index (Phi) is 5.11. The van der Waals surface area contributed by atoms with Crippen LogP contribution in [0.1, 0.15) is 5.56 Å². The van der Waals surface area contributed by atoms with Crippen molar-refractivity contribution in [3.05, 3.63) is 17.7 Å². The van der Waals surface area contributed by atoms with E-state index in [4.69, 9.17) is 15.0 Å². The van der Waals surface area contributed by atoms with Gasteiger partial charge < -0.3 is 15.0 Å². The molecule has 1 aromatic heterocycles. The van der Waals surface area contributed by atoms with Crippen molar-refractivity contribution in [1.29, 1.82) is 0 Å². The highest BCUT2D eigenvalue weighted by atomic mass is 35.5. The summed E-state index contributed by atoms with van der Waals surface area (Å²) >= 11 is 1.65. The Morgan fingerprint density at radius 1 is 1.47 bits per heavy atom. The van der Waals surface area contributed by atoms with Gasteiger partial charge >= 0.3 is 0 Å². The lowest BCUT2D eigenvalue weighted by Crippen LogP contribution is -2.10. The Labute approximate surface area is 110 Å². The van der Waals surface area contributed by atoms with Crippen molar-refractivity contribution in [1.82, 2.24) is 5.16 Å². The Balaban J connectivity index is 0.00000144. The van der Waals surface area contributed by atoms with Gasteiger partial charge in [-0.1, -0.05) is 6.07 Å². The third kappa shape index (κ3) is 2.68. The van der Waals surface area contributed by atoms with Gasteiger partial charge in [-0.15, -0.1) is 24.2 Å². The number of hydrogen-bond donors (Lipinski definition) is 1. The summed E-state index contributed by atoms with van der Waals surface area (Å²) < 4.78 is 10.8. The fraction of sp³-hybridized carbons (Fsp3) is 0.364. The van der Waals surface area contributed by atoms with Crippen molar-refractivity contribution in [2.45, 2.75) is 11.8 Å². The average Bonchev–Trinajstić information content (AvgIpc) is 2.72. The summed E-state index contributed by atoms with van der Waals surface area (Å²) in [5, 5.41) is 4.88. The number of rotatable bonds is 4. The van der Waals surface area contributed by atoms with Gasteiger partial charge in [-0.25, -0.2) is 0 Å². The number of benzene rings is 1. The van der Waals surface area contributed by atoms with Gasteiger partial charge in [0.1, 0.15) is 6.61 Å². The summed E-state index contributed by atoms with van der Waals surface area (Å²) in [6.07, 6.45) is 2.02. The highest BCUT2D eigenvalue weighted by molar-refractivity contribution is 7.98. The van der Waals surface area contributed by atoms with Crippen LogP contribution in [-0.2, 0) is 0 Å². The lowest BCUT2D eigenvalue weighted by Gasteiger charge is -2.03. The van der Waals surface area contributed by atoms with Crippen LogP contribution in [0.3, 0.4) is 0 Å². The first-order valence-corrected chi connectivity index (χ1v) is 6.26. The zero-order valence-corrected chi connectivity index (χ0v) is 11.4. The number of aromatic nitrogens is 1. The molecule has 4 nitrogen and oxygen atoms in total. The van der Waals surface area contributed by atoms with E-state index in [0.29, 0.717) is 19.0 Å². The average molecular weight is 275 g/mol. The van der Waals surface area contributed by atoms with E-state index in [1.54, 1.807) is 11.8 Å². The Morgan fingerprint density at radius 3 is 2.88 bits per heavy atom. The topological polar surface area (TPSA) is 61.3 Å². The van der Waals surface area contributed by atoms with E-state index in [9.17, 15) is 0 Å². The van der Waals surface area contributed by atoms with Gasteiger partial charge in [-0.2, -0.15) is 0 Å². The van der Waals surface area contributed by atoms with Crippen molar-refractivity contribution >= 4 is 35.1 Å². The molecule has 1 aromatic carbocycles. The van der Waals surface area contributed by atoms with E-state index in [0.717, 1.165) is 21.4 Å². The molecule has 0 fully saturated rings. The van der Waals surface area contributed by atoms with E-state index < -0.39 is 0 Å². The number of nitrogens with zero attached hydrogens (tertiary/aromatic N) is 1. The predicted molar refractivity (Wildman–Crippen MR) is 72.3 cm³/mol. The van der Waals surface area contributed by atoms with Crippen molar-refractivity contribution in [2.24, 2.45) is 5.73 Å². The summed E-state index contributed by atoms with van der Waals surface area (Å²) in [5.74, 6) is 0.536. The molecule has 0 radical (unpaired) electrons. The Hall–Kier alpha value is -0.910. The lowest BCUT2D eigenvalue weighted by molar-refractivity contribution is 0.292. The molecule has 17 heavy (non-hydrogen) atoms. The van der Waals surface area contributed by atoms with Crippen LogP contribution in [0.25, 0.3) is 11.0 Å². The number of nitrogens with two attached hydrogens (primary N) is 1. The van der Waals surface area contributed by atoms with Crippen LogP contribution in [0.5, 0.6) is 5.88 Å². The van der Waals surface area contributed by atoms with Crippen LogP contribution in [0.4, 0.5) is 0 Å². The fourth-order valence-electron chi connectivity index (χ4n) is 1.55. The maximum Gasteiger partial charge on any atom is 0.263 e. The highest BCUT2D eigenvalue weighted by Crippen LogP contribution is 2.35. The third-order valence-corrected chi connectivity index (χ3v) is 3.11. The van der Waals surface area contributed by atoms with Crippen molar-refractivity contribution in [3.63, 3.8) is 0 Å². The van der Waals surface area contributed by atoms with Gasteiger partial charge in [0, 0.05) is 11.4 Å².